The van der Waals surface area contributed by atoms with Crippen LogP contribution in [0.4, 0.5) is 5.69 Å². The predicted octanol–water partition coefficient (Wildman–Crippen LogP) is 1.67. The third-order valence-corrected chi connectivity index (χ3v) is 2.12. The fourth-order valence-electron chi connectivity index (χ4n) is 1.22. The second-order valence-electron chi connectivity index (χ2n) is 3.39. The number of hydrogen-bond acceptors (Lipinski definition) is 3. The molecule has 0 saturated heterocycles. The number of phenols is 1. The van der Waals surface area contributed by atoms with Gasteiger partial charge in [-0.25, -0.2) is 0 Å². The molecule has 1 aromatic rings. The molecule has 1 aromatic carbocycles. The van der Waals surface area contributed by atoms with E-state index in [4.69, 9.17) is 5.73 Å². The highest BCUT2D eigenvalue weighted by Gasteiger charge is 2.06. The number of nitrogen functional groups attached to an aromatic ring is 1. The lowest BCUT2D eigenvalue weighted by atomic mass is 10.2. The van der Waals surface area contributed by atoms with Crippen molar-refractivity contribution in [3.63, 3.8) is 0 Å². The van der Waals surface area contributed by atoms with Crippen molar-refractivity contribution in [3.8, 4) is 5.75 Å². The first-order chi connectivity index (χ1) is 7.65. The Kier molecular flexibility index (Phi) is 4.39. The van der Waals surface area contributed by atoms with Gasteiger partial charge >= 0.3 is 0 Å². The van der Waals surface area contributed by atoms with Gasteiger partial charge in [0.1, 0.15) is 5.75 Å². The van der Waals surface area contributed by atoms with Crippen molar-refractivity contribution in [2.75, 3.05) is 12.3 Å². The van der Waals surface area contributed by atoms with E-state index in [1.807, 2.05) is 19.1 Å². The fourth-order valence-corrected chi connectivity index (χ4v) is 1.22. The van der Waals surface area contributed by atoms with Gasteiger partial charge in [0, 0.05) is 12.1 Å². The Morgan fingerprint density at radius 1 is 1.56 bits per heavy atom. The van der Waals surface area contributed by atoms with Crippen molar-refractivity contribution < 1.29 is 9.90 Å². The lowest BCUT2D eigenvalue weighted by Crippen LogP contribution is -2.24. The first-order valence-electron chi connectivity index (χ1n) is 5.13. The lowest BCUT2D eigenvalue weighted by molar-refractivity contribution is 0.0954. The molecule has 16 heavy (non-hydrogen) atoms. The Balaban J connectivity index is 2.56. The number of allylic oxidation sites excluding steroid dienone is 1. The molecule has 0 radical (unpaired) electrons. The third kappa shape index (κ3) is 3.31. The Morgan fingerprint density at radius 2 is 2.31 bits per heavy atom. The largest absolute Gasteiger partial charge is 0.506 e. The van der Waals surface area contributed by atoms with Crippen molar-refractivity contribution in [3.05, 3.63) is 35.9 Å². The van der Waals surface area contributed by atoms with E-state index in [1.165, 1.54) is 12.1 Å². The van der Waals surface area contributed by atoms with Gasteiger partial charge in [-0.2, -0.15) is 0 Å². The van der Waals surface area contributed by atoms with Gasteiger partial charge < -0.3 is 16.2 Å². The van der Waals surface area contributed by atoms with E-state index in [-0.39, 0.29) is 17.3 Å². The van der Waals surface area contributed by atoms with E-state index in [2.05, 4.69) is 5.32 Å². The summed E-state index contributed by atoms with van der Waals surface area (Å²) < 4.78 is 0. The molecule has 4 N–H and O–H groups in total. The number of phenolic OH excluding ortho intramolecular Hbond substituents is 1. The van der Waals surface area contributed by atoms with Gasteiger partial charge in [0.05, 0.1) is 5.69 Å². The van der Waals surface area contributed by atoms with Gasteiger partial charge in [0.2, 0.25) is 0 Å². The fraction of sp³-hybridized carbons (Fsp3) is 0.250. The van der Waals surface area contributed by atoms with Crippen LogP contribution in [0.5, 0.6) is 5.75 Å². The summed E-state index contributed by atoms with van der Waals surface area (Å²) in [6, 6.07) is 4.45. The third-order valence-electron chi connectivity index (χ3n) is 2.12. The number of aromatic hydroxyl groups is 1. The van der Waals surface area contributed by atoms with Crippen molar-refractivity contribution in [1.82, 2.24) is 5.32 Å². The Labute approximate surface area is 94.8 Å². The number of benzene rings is 1. The zero-order valence-corrected chi connectivity index (χ0v) is 9.23. The van der Waals surface area contributed by atoms with E-state index in [1.54, 1.807) is 6.07 Å². The topological polar surface area (TPSA) is 75.4 Å². The van der Waals surface area contributed by atoms with Gasteiger partial charge in [0.25, 0.3) is 5.91 Å². The van der Waals surface area contributed by atoms with Crippen LogP contribution in [-0.4, -0.2) is 17.6 Å². The smallest absolute Gasteiger partial charge is 0.251 e. The number of carbonyl (C=O) groups is 1. The number of nitrogens with one attached hydrogen (secondary N) is 1. The number of hydrogen-bond donors (Lipinski definition) is 3. The minimum atomic E-state index is -0.209. The maximum absolute atomic E-state index is 11.6. The summed E-state index contributed by atoms with van der Waals surface area (Å²) >= 11 is 0. The molecular formula is C12H16N2O2. The SMILES string of the molecule is C/C=C/CCNC(=O)c1ccc(N)c(O)c1. The van der Waals surface area contributed by atoms with Gasteiger partial charge in [-0.3, -0.25) is 4.79 Å². The summed E-state index contributed by atoms with van der Waals surface area (Å²) in [5, 5.41) is 12.1. The van der Waals surface area contributed by atoms with E-state index < -0.39 is 0 Å². The van der Waals surface area contributed by atoms with Crippen LogP contribution in [0.2, 0.25) is 0 Å². The van der Waals surface area contributed by atoms with Crippen LogP contribution in [0.1, 0.15) is 23.7 Å². The summed E-state index contributed by atoms with van der Waals surface area (Å²) in [5.41, 5.74) is 6.12. The summed E-state index contributed by atoms with van der Waals surface area (Å²) in [6.45, 7) is 2.51. The van der Waals surface area contributed by atoms with Crippen LogP contribution in [-0.2, 0) is 0 Å². The monoisotopic (exact) mass is 220 g/mol. The summed E-state index contributed by atoms with van der Waals surface area (Å²) in [4.78, 5) is 11.6. The number of rotatable bonds is 4. The summed E-state index contributed by atoms with van der Waals surface area (Å²) in [6.07, 6.45) is 4.70. The Morgan fingerprint density at radius 3 is 2.94 bits per heavy atom. The average molecular weight is 220 g/mol. The molecule has 0 unspecified atom stereocenters. The van der Waals surface area contributed by atoms with E-state index in [0.29, 0.717) is 12.1 Å². The summed E-state index contributed by atoms with van der Waals surface area (Å²) in [5.74, 6) is -0.277. The molecule has 4 heteroatoms. The Bertz CT molecular complexity index is 400. The molecule has 0 fully saturated rings. The van der Waals surface area contributed by atoms with Crippen LogP contribution in [0.25, 0.3) is 0 Å². The highest BCUT2D eigenvalue weighted by atomic mass is 16.3. The standard InChI is InChI=1S/C12H16N2O2/c1-2-3-4-7-14-12(16)9-5-6-10(13)11(15)8-9/h2-3,5-6,8,15H,4,7,13H2,1H3,(H,14,16)/b3-2+. The van der Waals surface area contributed by atoms with Crippen molar-refractivity contribution in [2.45, 2.75) is 13.3 Å². The zero-order valence-electron chi connectivity index (χ0n) is 9.23. The second kappa shape index (κ2) is 5.80. The van der Waals surface area contributed by atoms with Crippen LogP contribution in [0, 0.1) is 0 Å². The van der Waals surface area contributed by atoms with Crippen LogP contribution >= 0.6 is 0 Å². The molecule has 1 amide bonds. The quantitative estimate of drug-likeness (QED) is 0.313. The molecule has 1 rings (SSSR count). The highest BCUT2D eigenvalue weighted by Crippen LogP contribution is 2.20. The maximum atomic E-state index is 11.6. The van der Waals surface area contributed by atoms with E-state index in [9.17, 15) is 9.90 Å². The molecular weight excluding hydrogens is 204 g/mol. The number of anilines is 1. The van der Waals surface area contributed by atoms with Gasteiger partial charge in [-0.15, -0.1) is 0 Å². The lowest BCUT2D eigenvalue weighted by Gasteiger charge is -2.05. The van der Waals surface area contributed by atoms with Crippen molar-refractivity contribution in [2.24, 2.45) is 0 Å². The molecule has 0 spiro atoms. The molecule has 0 aromatic heterocycles. The minimum Gasteiger partial charge on any atom is -0.506 e. The molecule has 0 aliphatic heterocycles. The van der Waals surface area contributed by atoms with E-state index >= 15 is 0 Å². The molecule has 0 heterocycles. The molecule has 0 aliphatic rings. The molecule has 86 valence electrons. The second-order valence-corrected chi connectivity index (χ2v) is 3.39. The van der Waals surface area contributed by atoms with Gasteiger partial charge in [0.15, 0.2) is 0 Å². The van der Waals surface area contributed by atoms with Crippen LogP contribution in [0.15, 0.2) is 30.4 Å². The first-order valence-corrected chi connectivity index (χ1v) is 5.13. The Hall–Kier alpha value is -1.97. The highest BCUT2D eigenvalue weighted by molar-refractivity contribution is 5.95. The van der Waals surface area contributed by atoms with Crippen molar-refractivity contribution in [1.29, 1.82) is 0 Å². The predicted molar refractivity (Wildman–Crippen MR) is 64.3 cm³/mol. The number of amides is 1. The minimum absolute atomic E-state index is 0.0684. The summed E-state index contributed by atoms with van der Waals surface area (Å²) in [7, 11) is 0. The molecule has 0 aliphatic carbocycles. The number of carbonyl (C=O) groups excluding carboxylic acids is 1. The molecule has 0 saturated carbocycles. The van der Waals surface area contributed by atoms with Crippen LogP contribution < -0.4 is 11.1 Å². The van der Waals surface area contributed by atoms with Crippen molar-refractivity contribution >= 4 is 11.6 Å². The first kappa shape index (κ1) is 12.1. The van der Waals surface area contributed by atoms with Crippen LogP contribution in [0.3, 0.4) is 0 Å². The maximum Gasteiger partial charge on any atom is 0.251 e. The molecule has 0 atom stereocenters. The number of nitrogens with two attached hydrogens (primary N) is 1. The van der Waals surface area contributed by atoms with Gasteiger partial charge in [-0.05, 0) is 31.5 Å². The zero-order chi connectivity index (χ0) is 12.0. The van der Waals surface area contributed by atoms with Gasteiger partial charge in [-0.1, -0.05) is 12.2 Å². The normalized spacial score (nSPS) is 10.6. The average Bonchev–Trinajstić information content (AvgIpc) is 2.28. The van der Waals surface area contributed by atoms with E-state index in [0.717, 1.165) is 6.42 Å². The molecule has 0 bridgehead atoms. The molecule has 4 nitrogen and oxygen atoms in total.